The van der Waals surface area contributed by atoms with E-state index in [2.05, 4.69) is 5.32 Å². The normalized spacial score (nSPS) is 15.3. The predicted molar refractivity (Wildman–Crippen MR) is 51.3 cm³/mol. The van der Waals surface area contributed by atoms with E-state index >= 15 is 0 Å². The first-order valence-corrected chi connectivity index (χ1v) is 4.32. The molecule has 0 bridgehead atoms. The van der Waals surface area contributed by atoms with Crippen molar-refractivity contribution in [3.8, 4) is 5.75 Å². The maximum absolute atomic E-state index is 9.08. The van der Waals surface area contributed by atoms with Gasteiger partial charge in [0.1, 0.15) is 12.0 Å². The number of rotatable bonds is 3. The van der Waals surface area contributed by atoms with Crippen LogP contribution in [0.1, 0.15) is 25.5 Å². The van der Waals surface area contributed by atoms with E-state index in [1.165, 1.54) is 0 Å². The fraction of sp³-hybridized carbons (Fsp3) is 0.400. The quantitative estimate of drug-likeness (QED) is 0.617. The predicted octanol–water partition coefficient (Wildman–Crippen LogP) is 1.38. The lowest BCUT2D eigenvalue weighted by Gasteiger charge is -2.16. The van der Waals surface area contributed by atoms with Gasteiger partial charge in [-0.05, 0) is 31.5 Å². The van der Waals surface area contributed by atoms with Crippen molar-refractivity contribution in [2.24, 2.45) is 0 Å². The highest BCUT2D eigenvalue weighted by Crippen LogP contribution is 2.16. The lowest BCUT2D eigenvalue weighted by atomic mass is 10.1. The molecule has 3 N–H and O–H groups in total. The Morgan fingerprint density at radius 1 is 1.15 bits per heavy atom. The van der Waals surface area contributed by atoms with Gasteiger partial charge in [0.05, 0.1) is 0 Å². The second-order valence-electron chi connectivity index (χ2n) is 3.16. The Kier molecular flexibility index (Phi) is 3.28. The summed E-state index contributed by atoms with van der Waals surface area (Å²) in [5, 5.41) is 21.1. The van der Waals surface area contributed by atoms with Gasteiger partial charge in [-0.25, -0.2) is 0 Å². The molecule has 0 saturated carbocycles. The first-order chi connectivity index (χ1) is 6.09. The summed E-state index contributed by atoms with van der Waals surface area (Å²) in [6, 6.07) is 7.01. The van der Waals surface area contributed by atoms with Crippen LogP contribution in [-0.4, -0.2) is 16.4 Å². The monoisotopic (exact) mass is 181 g/mol. The number of phenols is 1. The zero-order valence-electron chi connectivity index (χ0n) is 7.86. The third kappa shape index (κ3) is 3.05. The van der Waals surface area contributed by atoms with Crippen LogP contribution in [0.3, 0.4) is 0 Å². The van der Waals surface area contributed by atoms with Gasteiger partial charge >= 0.3 is 0 Å². The molecule has 0 aromatic heterocycles. The first kappa shape index (κ1) is 10.0. The molecule has 0 aliphatic carbocycles. The van der Waals surface area contributed by atoms with Crippen molar-refractivity contribution in [3.63, 3.8) is 0 Å². The molecule has 0 aliphatic rings. The maximum atomic E-state index is 9.08. The molecular weight excluding hydrogens is 166 g/mol. The van der Waals surface area contributed by atoms with E-state index in [1.54, 1.807) is 19.1 Å². The molecule has 1 unspecified atom stereocenters. The highest BCUT2D eigenvalue weighted by molar-refractivity contribution is 5.27. The molecule has 1 aromatic carbocycles. The van der Waals surface area contributed by atoms with Gasteiger partial charge in [0.25, 0.3) is 0 Å². The molecule has 0 spiro atoms. The standard InChI is InChI=1S/C10H15NO2/c1-7(11-8(2)12)9-3-5-10(13)6-4-9/h3-8,11-13H,1-2H3/t7-,8?/m0/s1. The molecule has 3 nitrogen and oxygen atoms in total. The van der Waals surface area contributed by atoms with Crippen molar-refractivity contribution in [2.45, 2.75) is 26.1 Å². The second-order valence-corrected chi connectivity index (χ2v) is 3.16. The van der Waals surface area contributed by atoms with Gasteiger partial charge in [-0.3, -0.25) is 5.32 Å². The van der Waals surface area contributed by atoms with Crippen LogP contribution in [0.4, 0.5) is 0 Å². The summed E-state index contributed by atoms with van der Waals surface area (Å²) >= 11 is 0. The van der Waals surface area contributed by atoms with E-state index in [9.17, 15) is 0 Å². The lowest BCUT2D eigenvalue weighted by molar-refractivity contribution is 0.143. The Hall–Kier alpha value is -1.06. The molecule has 0 radical (unpaired) electrons. The number of benzene rings is 1. The maximum Gasteiger partial charge on any atom is 0.115 e. The van der Waals surface area contributed by atoms with Crippen LogP contribution in [0.15, 0.2) is 24.3 Å². The van der Waals surface area contributed by atoms with E-state index in [-0.39, 0.29) is 11.8 Å². The van der Waals surface area contributed by atoms with Gasteiger partial charge in [0, 0.05) is 6.04 Å². The van der Waals surface area contributed by atoms with Crippen molar-refractivity contribution in [3.05, 3.63) is 29.8 Å². The molecule has 0 fully saturated rings. The van der Waals surface area contributed by atoms with Crippen molar-refractivity contribution < 1.29 is 10.2 Å². The van der Waals surface area contributed by atoms with E-state index in [4.69, 9.17) is 10.2 Å². The Bertz CT molecular complexity index is 256. The fourth-order valence-electron chi connectivity index (χ4n) is 1.22. The molecule has 0 heterocycles. The number of aliphatic hydroxyl groups is 1. The molecule has 0 amide bonds. The van der Waals surface area contributed by atoms with E-state index in [0.717, 1.165) is 5.56 Å². The number of nitrogens with one attached hydrogen (secondary N) is 1. The summed E-state index contributed by atoms with van der Waals surface area (Å²) in [6.45, 7) is 3.63. The molecule has 13 heavy (non-hydrogen) atoms. The van der Waals surface area contributed by atoms with Gasteiger partial charge in [-0.15, -0.1) is 0 Å². The van der Waals surface area contributed by atoms with Gasteiger partial charge in [0.2, 0.25) is 0 Å². The van der Waals surface area contributed by atoms with Crippen molar-refractivity contribution in [1.29, 1.82) is 0 Å². The van der Waals surface area contributed by atoms with Gasteiger partial charge in [-0.1, -0.05) is 12.1 Å². The zero-order valence-corrected chi connectivity index (χ0v) is 7.86. The average Bonchev–Trinajstić information content (AvgIpc) is 2.04. The van der Waals surface area contributed by atoms with Crippen molar-refractivity contribution >= 4 is 0 Å². The largest absolute Gasteiger partial charge is 0.508 e. The SMILES string of the molecule is CC(O)N[C@@H](C)c1ccc(O)cc1. The summed E-state index contributed by atoms with van der Waals surface area (Å²) in [5.41, 5.74) is 1.04. The summed E-state index contributed by atoms with van der Waals surface area (Å²) in [4.78, 5) is 0. The minimum absolute atomic E-state index is 0.0839. The number of hydrogen-bond donors (Lipinski definition) is 3. The van der Waals surface area contributed by atoms with Crippen LogP contribution in [-0.2, 0) is 0 Å². The number of aliphatic hydroxyl groups excluding tert-OH is 1. The molecule has 3 heteroatoms. The van der Waals surface area contributed by atoms with Gasteiger partial charge in [-0.2, -0.15) is 0 Å². The molecule has 1 rings (SSSR count). The molecule has 0 saturated heterocycles. The smallest absolute Gasteiger partial charge is 0.115 e. The topological polar surface area (TPSA) is 52.5 Å². The third-order valence-electron chi connectivity index (χ3n) is 1.88. The lowest BCUT2D eigenvalue weighted by Crippen LogP contribution is -2.28. The molecule has 1 aromatic rings. The highest BCUT2D eigenvalue weighted by Gasteiger charge is 2.06. The van der Waals surface area contributed by atoms with E-state index in [1.807, 2.05) is 19.1 Å². The number of phenolic OH excluding ortho intramolecular Hbond substituents is 1. The van der Waals surface area contributed by atoms with Crippen LogP contribution in [0.2, 0.25) is 0 Å². The zero-order chi connectivity index (χ0) is 9.84. The van der Waals surface area contributed by atoms with E-state index in [0.29, 0.717) is 0 Å². The fourth-order valence-corrected chi connectivity index (χ4v) is 1.22. The number of aromatic hydroxyl groups is 1. The Morgan fingerprint density at radius 3 is 2.15 bits per heavy atom. The Morgan fingerprint density at radius 2 is 1.69 bits per heavy atom. The van der Waals surface area contributed by atoms with E-state index < -0.39 is 6.23 Å². The van der Waals surface area contributed by atoms with Crippen LogP contribution in [0, 0.1) is 0 Å². The summed E-state index contributed by atoms with van der Waals surface area (Å²) in [7, 11) is 0. The highest BCUT2D eigenvalue weighted by atomic mass is 16.3. The molecule has 0 aliphatic heterocycles. The Balaban J connectivity index is 2.66. The first-order valence-electron chi connectivity index (χ1n) is 4.32. The molecular formula is C10H15NO2. The molecule has 2 atom stereocenters. The second kappa shape index (κ2) is 4.25. The summed E-state index contributed by atoms with van der Waals surface area (Å²) in [5.74, 6) is 0.257. The third-order valence-corrected chi connectivity index (χ3v) is 1.88. The van der Waals surface area contributed by atoms with Crippen LogP contribution in [0.25, 0.3) is 0 Å². The Labute approximate surface area is 78.0 Å². The number of hydrogen-bond acceptors (Lipinski definition) is 3. The van der Waals surface area contributed by atoms with Gasteiger partial charge < -0.3 is 10.2 Å². The average molecular weight is 181 g/mol. The van der Waals surface area contributed by atoms with Crippen molar-refractivity contribution in [1.82, 2.24) is 5.32 Å². The minimum Gasteiger partial charge on any atom is -0.508 e. The molecule has 72 valence electrons. The van der Waals surface area contributed by atoms with Crippen LogP contribution < -0.4 is 5.32 Å². The van der Waals surface area contributed by atoms with Crippen molar-refractivity contribution in [2.75, 3.05) is 0 Å². The van der Waals surface area contributed by atoms with Crippen LogP contribution in [0.5, 0.6) is 5.75 Å². The van der Waals surface area contributed by atoms with Crippen LogP contribution >= 0.6 is 0 Å². The van der Waals surface area contributed by atoms with Gasteiger partial charge in [0.15, 0.2) is 0 Å². The minimum atomic E-state index is -0.524. The summed E-state index contributed by atoms with van der Waals surface area (Å²) in [6.07, 6.45) is -0.524. The summed E-state index contributed by atoms with van der Waals surface area (Å²) < 4.78 is 0.